The highest BCUT2D eigenvalue weighted by Gasteiger charge is 2.69. The summed E-state index contributed by atoms with van der Waals surface area (Å²) in [5.74, 6) is 1.49. The Bertz CT molecular complexity index is 1550. The number of hydrogen-bond donors (Lipinski definition) is 1. The number of aromatic nitrogens is 2. The van der Waals surface area contributed by atoms with Crippen LogP contribution >= 0.6 is 23.2 Å². The van der Waals surface area contributed by atoms with E-state index in [9.17, 15) is 9.90 Å². The van der Waals surface area contributed by atoms with Crippen LogP contribution in [0.4, 0.5) is 0 Å². The number of carboxylic acid groups (broad SMARTS) is 1. The molecule has 2 aromatic rings. The number of rotatable bonds is 1. The normalized spacial score (nSPS) is 43.7. The zero-order valence-corrected chi connectivity index (χ0v) is 27.8. The van der Waals surface area contributed by atoms with Gasteiger partial charge in [-0.1, -0.05) is 83.3 Å². The molecule has 7 rings (SSSR count). The molecule has 4 nitrogen and oxygen atoms in total. The Hall–Kier alpha value is -1.65. The van der Waals surface area contributed by atoms with Crippen molar-refractivity contribution in [2.24, 2.45) is 51.2 Å². The predicted molar refractivity (Wildman–Crippen MR) is 170 cm³/mol. The lowest BCUT2D eigenvalue weighted by atomic mass is 9.33. The highest BCUT2D eigenvalue weighted by atomic mass is 35.5. The number of nitrogens with zero attached hydrogens (tertiary/aromatic N) is 2. The van der Waals surface area contributed by atoms with E-state index in [1.54, 1.807) is 0 Å². The number of hydrogen-bond acceptors (Lipinski definition) is 3. The van der Waals surface area contributed by atoms with Gasteiger partial charge in [0, 0.05) is 5.41 Å². The Kier molecular flexibility index (Phi) is 6.21. The Morgan fingerprint density at radius 1 is 0.905 bits per heavy atom. The van der Waals surface area contributed by atoms with Crippen LogP contribution in [0.2, 0.25) is 10.0 Å². The fourth-order valence-electron chi connectivity index (χ4n) is 11.9. The fourth-order valence-corrected chi connectivity index (χ4v) is 12.2. The van der Waals surface area contributed by atoms with Crippen LogP contribution in [-0.2, 0) is 16.6 Å². The minimum atomic E-state index is -0.603. The molecule has 0 amide bonds. The molecule has 0 spiro atoms. The van der Waals surface area contributed by atoms with E-state index >= 15 is 0 Å². The van der Waals surface area contributed by atoms with Crippen LogP contribution in [0, 0.1) is 51.2 Å². The second-order valence-corrected chi connectivity index (χ2v) is 17.1. The minimum absolute atomic E-state index is 0.00257. The molecule has 0 radical (unpaired) electrons. The monoisotopic (exact) mass is 608 g/mol. The zero-order chi connectivity index (χ0) is 30.2. The van der Waals surface area contributed by atoms with Crippen LogP contribution < -0.4 is 0 Å². The third-order valence-corrected chi connectivity index (χ3v) is 15.2. The van der Waals surface area contributed by atoms with Gasteiger partial charge in [0.2, 0.25) is 0 Å². The van der Waals surface area contributed by atoms with E-state index < -0.39 is 11.4 Å². The molecule has 1 N–H and O–H groups in total. The van der Waals surface area contributed by atoms with Crippen LogP contribution in [0.3, 0.4) is 0 Å². The van der Waals surface area contributed by atoms with Gasteiger partial charge < -0.3 is 5.11 Å². The van der Waals surface area contributed by atoms with Crippen LogP contribution in [-0.4, -0.2) is 21.0 Å². The van der Waals surface area contributed by atoms with Crippen molar-refractivity contribution in [2.45, 2.75) is 105 Å². The van der Waals surface area contributed by atoms with Gasteiger partial charge in [-0.05, 0) is 109 Å². The van der Waals surface area contributed by atoms with Crippen molar-refractivity contribution >= 4 is 40.2 Å². The lowest BCUT2D eigenvalue weighted by molar-refractivity contribution is -0.179. The number of carbonyl (C=O) groups is 1. The Labute approximate surface area is 261 Å². The maximum atomic E-state index is 13.0. The average Bonchev–Trinajstić information content (AvgIpc) is 2.91. The van der Waals surface area contributed by atoms with Gasteiger partial charge in [0.25, 0.3) is 0 Å². The molecule has 1 aromatic heterocycles. The first-order valence-corrected chi connectivity index (χ1v) is 17.0. The molecule has 1 heterocycles. The molecule has 6 heteroatoms. The van der Waals surface area contributed by atoms with Crippen molar-refractivity contribution in [3.05, 3.63) is 45.2 Å². The number of allylic oxidation sites excluding steroid dienone is 2. The number of halogens is 2. The Morgan fingerprint density at radius 2 is 1.57 bits per heavy atom. The van der Waals surface area contributed by atoms with E-state index in [1.807, 2.05) is 12.1 Å². The third-order valence-electron chi connectivity index (χ3n) is 14.5. The predicted octanol–water partition coefficient (Wildman–Crippen LogP) is 9.69. The summed E-state index contributed by atoms with van der Waals surface area (Å²) in [5, 5.41) is 11.7. The Balaban J connectivity index is 1.36. The van der Waals surface area contributed by atoms with Gasteiger partial charge in [-0.3, -0.25) is 4.79 Å². The zero-order valence-electron chi connectivity index (χ0n) is 26.3. The lowest BCUT2D eigenvalue weighted by Gasteiger charge is -2.70. The molecular formula is C36H46Cl2N2O2. The number of fused-ring (bicyclic) bond motifs is 9. The summed E-state index contributed by atoms with van der Waals surface area (Å²) in [6.45, 7) is 17.1. The van der Waals surface area contributed by atoms with E-state index in [4.69, 9.17) is 33.2 Å². The second kappa shape index (κ2) is 8.96. The number of carboxylic acids is 1. The van der Waals surface area contributed by atoms with Crippen molar-refractivity contribution < 1.29 is 9.90 Å². The largest absolute Gasteiger partial charge is 0.481 e. The average molecular weight is 610 g/mol. The van der Waals surface area contributed by atoms with Gasteiger partial charge in [0.05, 0.1) is 37.9 Å². The van der Waals surface area contributed by atoms with Gasteiger partial charge in [-0.25, -0.2) is 9.97 Å². The van der Waals surface area contributed by atoms with Gasteiger partial charge in [-0.15, -0.1) is 0 Å². The van der Waals surface area contributed by atoms with Gasteiger partial charge in [0.15, 0.2) is 0 Å². The maximum absolute atomic E-state index is 13.0. The molecule has 5 aliphatic rings. The molecule has 3 saturated carbocycles. The van der Waals surface area contributed by atoms with Gasteiger partial charge >= 0.3 is 5.97 Å². The summed E-state index contributed by atoms with van der Waals surface area (Å²) in [4.78, 5) is 23.4. The molecule has 3 fully saturated rings. The van der Waals surface area contributed by atoms with E-state index in [1.165, 1.54) is 12.0 Å². The van der Waals surface area contributed by atoms with Crippen LogP contribution in [0.25, 0.3) is 11.0 Å². The topological polar surface area (TPSA) is 63.1 Å². The summed E-state index contributed by atoms with van der Waals surface area (Å²) in [6, 6.07) is 3.72. The molecule has 226 valence electrons. The second-order valence-electron chi connectivity index (χ2n) is 16.3. The molecule has 5 aliphatic carbocycles. The van der Waals surface area contributed by atoms with E-state index in [-0.39, 0.29) is 27.6 Å². The molecule has 42 heavy (non-hydrogen) atoms. The summed E-state index contributed by atoms with van der Waals surface area (Å²) in [5.41, 5.74) is 4.78. The summed E-state index contributed by atoms with van der Waals surface area (Å²) in [6.07, 6.45) is 10.4. The Morgan fingerprint density at radius 3 is 2.24 bits per heavy atom. The van der Waals surface area contributed by atoms with E-state index in [0.29, 0.717) is 33.7 Å². The highest BCUT2D eigenvalue weighted by molar-refractivity contribution is 6.42. The highest BCUT2D eigenvalue weighted by Crippen LogP contribution is 2.75. The number of benzene rings is 1. The molecule has 0 bridgehead atoms. The standard InChI is InChI=1S/C36H46Cl2N2O2/c1-19-10-13-36(31(41)42)15-14-34(6)21(29(36)20(19)2)8-9-28-33(5)18-26-30(32(3,4)27(33)11-12-35(28,34)7)40-25-17-23(38)22(37)16-24(25)39-26/h8,16-17,19-20,27-29H,9-15,18H2,1-7H3,(H,41,42)/t19-,20+,27+,28-,29+,33+,34-,35-,36+/m1/s1. The molecule has 9 atom stereocenters. The molecule has 0 unspecified atom stereocenters. The summed E-state index contributed by atoms with van der Waals surface area (Å²) >= 11 is 12.8. The van der Waals surface area contributed by atoms with Crippen molar-refractivity contribution in [1.82, 2.24) is 9.97 Å². The SMILES string of the molecule is C[C@H]1[C@H](C)CC[C@]2(C(=O)O)CC[C@]3(C)C(=CC[C@@H]4[C@@]5(C)Cc6nc7cc(Cl)c(Cl)cc7nc6C(C)(C)[C@@H]5CC[C@]43C)[C@H]12. The van der Waals surface area contributed by atoms with Gasteiger partial charge in [-0.2, -0.15) is 0 Å². The van der Waals surface area contributed by atoms with Crippen LogP contribution in [0.5, 0.6) is 0 Å². The first kappa shape index (κ1) is 29.1. The lowest BCUT2D eigenvalue weighted by Crippen LogP contribution is -2.65. The molecule has 0 aliphatic heterocycles. The first-order valence-electron chi connectivity index (χ1n) is 16.2. The first-order chi connectivity index (χ1) is 19.6. The fraction of sp³-hybridized carbons (Fsp3) is 0.694. The van der Waals surface area contributed by atoms with E-state index in [0.717, 1.165) is 67.4 Å². The van der Waals surface area contributed by atoms with E-state index in [2.05, 4.69) is 54.5 Å². The van der Waals surface area contributed by atoms with Crippen LogP contribution in [0.15, 0.2) is 23.8 Å². The van der Waals surface area contributed by atoms with Crippen molar-refractivity contribution in [3.63, 3.8) is 0 Å². The molecule has 0 saturated heterocycles. The minimum Gasteiger partial charge on any atom is -0.481 e. The smallest absolute Gasteiger partial charge is 0.310 e. The quantitative estimate of drug-likeness (QED) is 0.327. The van der Waals surface area contributed by atoms with Crippen molar-refractivity contribution in [1.29, 1.82) is 0 Å². The molecule has 1 aromatic carbocycles. The maximum Gasteiger partial charge on any atom is 0.310 e. The molecular weight excluding hydrogens is 563 g/mol. The van der Waals surface area contributed by atoms with Gasteiger partial charge in [0.1, 0.15) is 0 Å². The number of aliphatic carboxylic acids is 1. The van der Waals surface area contributed by atoms with Crippen molar-refractivity contribution in [3.8, 4) is 0 Å². The van der Waals surface area contributed by atoms with Crippen LogP contribution in [0.1, 0.15) is 105 Å². The van der Waals surface area contributed by atoms with Crippen molar-refractivity contribution in [2.75, 3.05) is 0 Å². The third kappa shape index (κ3) is 3.46. The summed E-state index contributed by atoms with van der Waals surface area (Å²) in [7, 11) is 0. The summed E-state index contributed by atoms with van der Waals surface area (Å²) < 4.78 is 0.